The molecule has 1 N–H and O–H groups in total. The van der Waals surface area contributed by atoms with Crippen molar-refractivity contribution in [3.8, 4) is 5.88 Å². The summed E-state index contributed by atoms with van der Waals surface area (Å²) in [4.78, 5) is 16.1. The highest BCUT2D eigenvalue weighted by atomic mass is 79.9. The molecule has 1 amide bonds. The largest absolute Gasteiger partial charge is 0.473 e. The van der Waals surface area contributed by atoms with Crippen molar-refractivity contribution in [1.29, 1.82) is 0 Å². The summed E-state index contributed by atoms with van der Waals surface area (Å²) in [6, 6.07) is 1.85. The van der Waals surface area contributed by atoms with Gasteiger partial charge in [0.2, 0.25) is 5.88 Å². The molecule has 1 atom stereocenters. The summed E-state index contributed by atoms with van der Waals surface area (Å²) in [6.07, 6.45) is 1.60. The summed E-state index contributed by atoms with van der Waals surface area (Å²) in [5, 5.41) is 2.79. The Bertz CT molecular complexity index is 531. The average Bonchev–Trinajstić information content (AvgIpc) is 2.34. The van der Waals surface area contributed by atoms with Gasteiger partial charge in [-0.05, 0) is 71.0 Å². The van der Waals surface area contributed by atoms with E-state index in [4.69, 9.17) is 9.47 Å². The minimum Gasteiger partial charge on any atom is -0.473 e. The smallest absolute Gasteiger partial charge is 0.407 e. The molecule has 0 aliphatic rings. The number of rotatable bonds is 6. The molecule has 1 heterocycles. The minimum atomic E-state index is -0.436. The summed E-state index contributed by atoms with van der Waals surface area (Å²) < 4.78 is 12.8. The summed E-state index contributed by atoms with van der Waals surface area (Å²) in [5.74, 6) is 0.856. The first kappa shape index (κ1) is 20.2. The fourth-order valence-corrected chi connectivity index (χ4v) is 2.95. The number of halogens is 2. The van der Waals surface area contributed by atoms with E-state index in [2.05, 4.69) is 56.0 Å². The Morgan fingerprint density at radius 2 is 2.00 bits per heavy atom. The van der Waals surface area contributed by atoms with Gasteiger partial charge in [0.05, 0.1) is 4.47 Å². The van der Waals surface area contributed by atoms with Crippen molar-refractivity contribution in [3.63, 3.8) is 0 Å². The molecule has 7 heteroatoms. The van der Waals surface area contributed by atoms with E-state index in [1.807, 2.05) is 26.8 Å². The molecule has 0 unspecified atom stereocenters. The fraction of sp³-hybridized carbons (Fsp3) is 0.625. The van der Waals surface area contributed by atoms with Crippen LogP contribution in [0.25, 0.3) is 0 Å². The zero-order valence-electron chi connectivity index (χ0n) is 14.2. The molecule has 1 aromatic heterocycles. The Kier molecular flexibility index (Phi) is 7.80. The van der Waals surface area contributed by atoms with Crippen LogP contribution in [0.1, 0.15) is 41.0 Å². The number of ether oxygens (including phenoxy) is 2. The van der Waals surface area contributed by atoms with Crippen LogP contribution in [0, 0.1) is 5.92 Å². The van der Waals surface area contributed by atoms with E-state index in [0.717, 1.165) is 8.95 Å². The van der Waals surface area contributed by atoms with Crippen LogP contribution in [0.2, 0.25) is 0 Å². The van der Waals surface area contributed by atoms with Gasteiger partial charge in [-0.1, -0.05) is 13.8 Å². The van der Waals surface area contributed by atoms with Gasteiger partial charge in [0.1, 0.15) is 12.7 Å². The molecule has 0 spiro atoms. The lowest BCUT2D eigenvalue weighted by Crippen LogP contribution is -2.43. The van der Waals surface area contributed by atoms with Crippen molar-refractivity contribution in [2.75, 3.05) is 6.61 Å². The van der Waals surface area contributed by atoms with Crippen molar-refractivity contribution < 1.29 is 14.3 Å². The van der Waals surface area contributed by atoms with Crippen LogP contribution in [-0.2, 0) is 4.74 Å². The molecule has 0 saturated heterocycles. The molecule has 0 bridgehead atoms. The van der Waals surface area contributed by atoms with Gasteiger partial charge in [0.25, 0.3) is 0 Å². The van der Waals surface area contributed by atoms with Crippen molar-refractivity contribution >= 4 is 38.0 Å². The molecular formula is C16H24Br2N2O3. The maximum Gasteiger partial charge on any atom is 0.407 e. The van der Waals surface area contributed by atoms with E-state index in [0.29, 0.717) is 18.2 Å². The van der Waals surface area contributed by atoms with Gasteiger partial charge in [-0.2, -0.15) is 0 Å². The van der Waals surface area contributed by atoms with Gasteiger partial charge in [-0.3, -0.25) is 0 Å². The highest BCUT2D eigenvalue weighted by molar-refractivity contribution is 9.11. The first-order chi connectivity index (χ1) is 10.6. The zero-order valence-corrected chi connectivity index (χ0v) is 17.3. The predicted molar refractivity (Wildman–Crippen MR) is 97.7 cm³/mol. The average molecular weight is 452 g/mol. The van der Waals surface area contributed by atoms with Crippen LogP contribution in [0.3, 0.4) is 0 Å². The van der Waals surface area contributed by atoms with Crippen LogP contribution in [0.5, 0.6) is 5.88 Å². The van der Waals surface area contributed by atoms with E-state index in [9.17, 15) is 4.79 Å². The van der Waals surface area contributed by atoms with Crippen LogP contribution in [0.15, 0.2) is 21.2 Å². The molecule has 0 aromatic carbocycles. The Balaban J connectivity index is 2.65. The number of aromatic nitrogens is 1. The SMILES string of the molecule is CC(C)C[C@@H](COc1ncc(Br)cc1Br)OC(=O)NC(C)(C)C. The normalized spacial score (nSPS) is 12.9. The second kappa shape index (κ2) is 8.87. The Hall–Kier alpha value is -0.820. The van der Waals surface area contributed by atoms with Crippen LogP contribution in [-0.4, -0.2) is 29.3 Å². The fourth-order valence-electron chi connectivity index (χ4n) is 1.84. The Morgan fingerprint density at radius 1 is 1.35 bits per heavy atom. The third-order valence-corrected chi connectivity index (χ3v) is 3.67. The topological polar surface area (TPSA) is 60.5 Å². The molecule has 1 rings (SSSR count). The predicted octanol–water partition coefficient (Wildman–Crippen LogP) is 4.92. The maximum absolute atomic E-state index is 12.0. The van der Waals surface area contributed by atoms with Gasteiger partial charge in [0.15, 0.2) is 0 Å². The molecule has 0 saturated carbocycles. The lowest BCUT2D eigenvalue weighted by Gasteiger charge is -2.24. The molecule has 1 aromatic rings. The third kappa shape index (κ3) is 8.55. The van der Waals surface area contributed by atoms with Crippen molar-refractivity contribution in [2.24, 2.45) is 5.92 Å². The number of nitrogens with one attached hydrogen (secondary N) is 1. The van der Waals surface area contributed by atoms with Gasteiger partial charge < -0.3 is 14.8 Å². The van der Waals surface area contributed by atoms with Crippen LogP contribution >= 0.6 is 31.9 Å². The third-order valence-electron chi connectivity index (χ3n) is 2.67. The lowest BCUT2D eigenvalue weighted by molar-refractivity contribution is 0.0478. The molecule has 130 valence electrons. The van der Waals surface area contributed by atoms with E-state index in [-0.39, 0.29) is 18.2 Å². The van der Waals surface area contributed by atoms with Crippen molar-refractivity contribution in [1.82, 2.24) is 10.3 Å². The van der Waals surface area contributed by atoms with Crippen LogP contribution in [0.4, 0.5) is 4.79 Å². The summed E-state index contributed by atoms with van der Waals surface area (Å²) in [6.45, 7) is 10.1. The van der Waals surface area contributed by atoms with E-state index < -0.39 is 6.09 Å². The summed E-state index contributed by atoms with van der Waals surface area (Å²) in [7, 11) is 0. The first-order valence-corrected chi connectivity index (χ1v) is 9.08. The summed E-state index contributed by atoms with van der Waals surface area (Å²) >= 11 is 6.75. The van der Waals surface area contributed by atoms with E-state index in [1.54, 1.807) is 6.20 Å². The monoisotopic (exact) mass is 450 g/mol. The molecule has 5 nitrogen and oxygen atoms in total. The van der Waals surface area contributed by atoms with Crippen molar-refractivity contribution in [3.05, 3.63) is 21.2 Å². The Labute approximate surface area is 154 Å². The summed E-state index contributed by atoms with van der Waals surface area (Å²) in [5.41, 5.74) is -0.337. The minimum absolute atomic E-state index is 0.253. The second-order valence-corrected chi connectivity index (χ2v) is 8.55. The number of hydrogen-bond donors (Lipinski definition) is 1. The van der Waals surface area contributed by atoms with Crippen LogP contribution < -0.4 is 10.1 Å². The lowest BCUT2D eigenvalue weighted by atomic mass is 10.1. The number of hydrogen-bond acceptors (Lipinski definition) is 4. The molecule has 0 aliphatic heterocycles. The van der Waals surface area contributed by atoms with Crippen molar-refractivity contribution in [2.45, 2.75) is 52.7 Å². The number of nitrogens with zero attached hydrogens (tertiary/aromatic N) is 1. The number of pyridine rings is 1. The number of alkyl carbamates (subject to hydrolysis) is 1. The second-order valence-electron chi connectivity index (χ2n) is 6.78. The van der Waals surface area contributed by atoms with E-state index in [1.165, 1.54) is 0 Å². The molecule has 0 radical (unpaired) electrons. The number of carbonyl (C=O) groups is 1. The van der Waals surface area contributed by atoms with Gasteiger partial charge in [0, 0.05) is 16.2 Å². The Morgan fingerprint density at radius 3 is 2.52 bits per heavy atom. The standard InChI is InChI=1S/C16H24Br2N2O3/c1-10(2)6-12(23-15(21)20-16(3,4)5)9-22-14-13(18)7-11(17)8-19-14/h7-8,10,12H,6,9H2,1-5H3,(H,20,21)/t12-/m0/s1. The molecular weight excluding hydrogens is 428 g/mol. The number of carbonyl (C=O) groups excluding carboxylic acids is 1. The number of amides is 1. The zero-order chi connectivity index (χ0) is 17.6. The van der Waals surface area contributed by atoms with E-state index >= 15 is 0 Å². The quantitative estimate of drug-likeness (QED) is 0.666. The first-order valence-electron chi connectivity index (χ1n) is 7.49. The van der Waals surface area contributed by atoms with Gasteiger partial charge >= 0.3 is 6.09 Å². The molecule has 0 fully saturated rings. The molecule has 0 aliphatic carbocycles. The highest BCUT2D eigenvalue weighted by Gasteiger charge is 2.21. The highest BCUT2D eigenvalue weighted by Crippen LogP contribution is 2.26. The van der Waals surface area contributed by atoms with Gasteiger partial charge in [-0.15, -0.1) is 0 Å². The molecule has 23 heavy (non-hydrogen) atoms. The van der Waals surface area contributed by atoms with Gasteiger partial charge in [-0.25, -0.2) is 9.78 Å². The maximum atomic E-state index is 12.0.